The van der Waals surface area contributed by atoms with Gasteiger partial charge in [0.25, 0.3) is 5.56 Å². The molecule has 2 atom stereocenters. The zero-order chi connectivity index (χ0) is 23.0. The van der Waals surface area contributed by atoms with Crippen LogP contribution in [-0.2, 0) is 11.3 Å². The van der Waals surface area contributed by atoms with Crippen LogP contribution in [0.1, 0.15) is 71.8 Å². The number of carbonyl (C=O) groups is 1. The second kappa shape index (κ2) is 8.65. The Balaban J connectivity index is 1.62. The van der Waals surface area contributed by atoms with Gasteiger partial charge in [-0.1, -0.05) is 29.8 Å². The van der Waals surface area contributed by atoms with E-state index in [0.717, 1.165) is 28.2 Å². The molecule has 0 fully saturated rings. The van der Waals surface area contributed by atoms with Crippen LogP contribution in [-0.4, -0.2) is 20.7 Å². The van der Waals surface area contributed by atoms with Crippen LogP contribution in [0, 0.1) is 20.8 Å². The minimum Gasteiger partial charge on any atom is -0.363 e. The molecule has 2 aromatic heterocycles. The van der Waals surface area contributed by atoms with Crippen LogP contribution in [0.3, 0.4) is 0 Å². The van der Waals surface area contributed by atoms with Crippen LogP contribution < -0.4 is 16.2 Å². The fourth-order valence-electron chi connectivity index (χ4n) is 4.42. The zero-order valence-electron chi connectivity index (χ0n) is 19.3. The number of aromatic amines is 1. The van der Waals surface area contributed by atoms with Crippen molar-refractivity contribution in [1.82, 2.24) is 20.1 Å². The number of anilines is 1. The molecule has 7 heteroatoms. The summed E-state index contributed by atoms with van der Waals surface area (Å²) in [4.78, 5) is 28.5. The first-order chi connectivity index (χ1) is 15.2. The smallest absolute Gasteiger partial charge is 0.253 e. The van der Waals surface area contributed by atoms with Gasteiger partial charge in [0.2, 0.25) is 5.91 Å². The molecule has 0 saturated carbocycles. The number of nitrogens with zero attached hydrogens (tertiary/aromatic N) is 2. The maximum atomic E-state index is 13.3. The number of aromatic nitrogens is 3. The van der Waals surface area contributed by atoms with E-state index >= 15 is 0 Å². The van der Waals surface area contributed by atoms with Crippen molar-refractivity contribution in [2.24, 2.45) is 0 Å². The van der Waals surface area contributed by atoms with Gasteiger partial charge in [0, 0.05) is 29.4 Å². The molecule has 1 aromatic carbocycles. The maximum absolute atomic E-state index is 13.3. The molecule has 2 unspecified atom stereocenters. The van der Waals surface area contributed by atoms with E-state index in [-0.39, 0.29) is 36.0 Å². The average Bonchev–Trinajstić information content (AvgIpc) is 3.17. The number of hydrogen-bond donors (Lipinski definition) is 3. The summed E-state index contributed by atoms with van der Waals surface area (Å²) in [6.07, 6.45) is 2.41. The van der Waals surface area contributed by atoms with Crippen molar-refractivity contribution >= 4 is 11.7 Å². The van der Waals surface area contributed by atoms with Gasteiger partial charge in [-0.2, -0.15) is 5.10 Å². The van der Waals surface area contributed by atoms with Crippen LogP contribution in [0.5, 0.6) is 0 Å². The summed E-state index contributed by atoms with van der Waals surface area (Å²) in [6.45, 7) is 10.2. The van der Waals surface area contributed by atoms with E-state index in [1.165, 1.54) is 5.56 Å². The SMILES string of the molecule is Cc1ccc(C2CC(C(=O)NCc3c(C)cc(C)[nH]c3=O)c3cnn(C(C)C)c3N2)cc1. The molecule has 1 aliphatic rings. The number of benzene rings is 1. The summed E-state index contributed by atoms with van der Waals surface area (Å²) in [5.41, 5.74) is 5.36. The molecular formula is C25H31N5O2. The third-order valence-electron chi connectivity index (χ3n) is 6.20. The van der Waals surface area contributed by atoms with Crippen molar-refractivity contribution in [3.63, 3.8) is 0 Å². The number of fused-ring (bicyclic) bond motifs is 1. The molecule has 0 saturated heterocycles. The predicted molar refractivity (Wildman–Crippen MR) is 126 cm³/mol. The van der Waals surface area contributed by atoms with Crippen LogP contribution in [0.25, 0.3) is 0 Å². The summed E-state index contributed by atoms with van der Waals surface area (Å²) in [6, 6.07) is 10.5. The van der Waals surface area contributed by atoms with Crippen molar-refractivity contribution in [2.45, 2.75) is 65.6 Å². The van der Waals surface area contributed by atoms with Crippen LogP contribution >= 0.6 is 0 Å². The average molecular weight is 434 g/mol. The number of nitrogens with one attached hydrogen (secondary N) is 3. The number of amides is 1. The van der Waals surface area contributed by atoms with E-state index in [1.807, 2.05) is 24.6 Å². The molecule has 0 radical (unpaired) electrons. The highest BCUT2D eigenvalue weighted by atomic mass is 16.2. The van der Waals surface area contributed by atoms with Crippen LogP contribution in [0.4, 0.5) is 5.82 Å². The Morgan fingerprint density at radius 3 is 2.59 bits per heavy atom. The molecule has 1 aliphatic heterocycles. The van der Waals surface area contributed by atoms with Gasteiger partial charge in [0.05, 0.1) is 18.2 Å². The third-order valence-corrected chi connectivity index (χ3v) is 6.20. The third kappa shape index (κ3) is 4.20. The van der Waals surface area contributed by atoms with E-state index in [0.29, 0.717) is 12.0 Å². The second-order valence-electron chi connectivity index (χ2n) is 9.04. The molecule has 0 bridgehead atoms. The fraction of sp³-hybridized carbons (Fsp3) is 0.400. The summed E-state index contributed by atoms with van der Waals surface area (Å²) < 4.78 is 1.94. The van der Waals surface area contributed by atoms with Gasteiger partial charge in [0.1, 0.15) is 5.82 Å². The van der Waals surface area contributed by atoms with E-state index < -0.39 is 0 Å². The van der Waals surface area contributed by atoms with Gasteiger partial charge in [0.15, 0.2) is 0 Å². The van der Waals surface area contributed by atoms with Gasteiger partial charge in [-0.15, -0.1) is 0 Å². The van der Waals surface area contributed by atoms with Crippen LogP contribution in [0.2, 0.25) is 0 Å². The highest BCUT2D eigenvalue weighted by Crippen LogP contribution is 2.41. The standard InChI is InChI=1S/C25H31N5O2/c1-14(2)30-23-21(13-27-30)19(11-22(29-23)18-8-6-15(3)7-9-18)24(31)26-12-20-16(4)10-17(5)28-25(20)32/h6-10,13-14,19,22,29H,11-12H2,1-5H3,(H,26,31)(H,28,32). The number of pyridine rings is 1. The Bertz CT molecular complexity index is 1190. The minimum atomic E-state index is -0.352. The summed E-state index contributed by atoms with van der Waals surface area (Å²) in [5, 5.41) is 11.2. The van der Waals surface area contributed by atoms with Gasteiger partial charge >= 0.3 is 0 Å². The van der Waals surface area contributed by atoms with Crippen molar-refractivity contribution in [2.75, 3.05) is 5.32 Å². The molecular weight excluding hydrogens is 402 g/mol. The second-order valence-corrected chi connectivity index (χ2v) is 9.04. The first-order valence-electron chi connectivity index (χ1n) is 11.1. The summed E-state index contributed by atoms with van der Waals surface area (Å²) >= 11 is 0. The Morgan fingerprint density at radius 1 is 1.22 bits per heavy atom. The molecule has 7 nitrogen and oxygen atoms in total. The monoisotopic (exact) mass is 433 g/mol. The largest absolute Gasteiger partial charge is 0.363 e. The normalized spacial score (nSPS) is 17.7. The molecule has 4 rings (SSSR count). The van der Waals surface area contributed by atoms with Crippen LogP contribution in [0.15, 0.2) is 41.3 Å². The van der Waals surface area contributed by atoms with E-state index in [4.69, 9.17) is 0 Å². The zero-order valence-corrected chi connectivity index (χ0v) is 19.3. The van der Waals surface area contributed by atoms with E-state index in [2.05, 4.69) is 65.8 Å². The Labute approximate surface area is 188 Å². The Morgan fingerprint density at radius 2 is 1.94 bits per heavy atom. The predicted octanol–water partition coefficient (Wildman–Crippen LogP) is 4.03. The number of rotatable bonds is 5. The lowest BCUT2D eigenvalue weighted by Gasteiger charge is -2.32. The lowest BCUT2D eigenvalue weighted by molar-refractivity contribution is -0.123. The highest BCUT2D eigenvalue weighted by molar-refractivity contribution is 5.86. The molecule has 32 heavy (non-hydrogen) atoms. The molecule has 3 N–H and O–H groups in total. The number of aryl methyl sites for hydroxylation is 3. The van der Waals surface area contributed by atoms with Crippen molar-refractivity contribution in [3.8, 4) is 0 Å². The molecule has 1 amide bonds. The number of carbonyl (C=O) groups excluding carboxylic acids is 1. The van der Waals surface area contributed by atoms with Crippen molar-refractivity contribution in [1.29, 1.82) is 0 Å². The van der Waals surface area contributed by atoms with Gasteiger partial charge in [-0.05, 0) is 58.2 Å². The Kier molecular flexibility index (Phi) is 5.91. The first kappa shape index (κ1) is 21.9. The molecule has 168 valence electrons. The van der Waals surface area contributed by atoms with E-state index in [1.54, 1.807) is 6.20 Å². The lowest BCUT2D eigenvalue weighted by atomic mass is 9.86. The minimum absolute atomic E-state index is 0.00226. The summed E-state index contributed by atoms with van der Waals surface area (Å²) in [5.74, 6) is 0.448. The maximum Gasteiger partial charge on any atom is 0.253 e. The topological polar surface area (TPSA) is 91.8 Å². The Hall–Kier alpha value is -3.35. The number of hydrogen-bond acceptors (Lipinski definition) is 4. The van der Waals surface area contributed by atoms with Crippen molar-refractivity contribution in [3.05, 3.63) is 80.4 Å². The van der Waals surface area contributed by atoms with Gasteiger partial charge in [-0.3, -0.25) is 9.59 Å². The molecule has 3 heterocycles. The number of H-pyrrole nitrogens is 1. The lowest BCUT2D eigenvalue weighted by Crippen LogP contribution is -2.35. The molecule has 0 spiro atoms. The highest BCUT2D eigenvalue weighted by Gasteiger charge is 2.35. The fourth-order valence-corrected chi connectivity index (χ4v) is 4.42. The quantitative estimate of drug-likeness (QED) is 0.566. The van der Waals surface area contributed by atoms with Gasteiger partial charge < -0.3 is 15.6 Å². The van der Waals surface area contributed by atoms with Gasteiger partial charge in [-0.25, -0.2) is 4.68 Å². The molecule has 0 aliphatic carbocycles. The molecule has 3 aromatic rings. The first-order valence-corrected chi connectivity index (χ1v) is 11.1. The van der Waals surface area contributed by atoms with E-state index in [9.17, 15) is 9.59 Å². The summed E-state index contributed by atoms with van der Waals surface area (Å²) in [7, 11) is 0. The van der Waals surface area contributed by atoms with Crippen molar-refractivity contribution < 1.29 is 4.79 Å².